The molecule has 0 saturated heterocycles. The number of hydrogen-bond donors (Lipinski definition) is 1. The Kier molecular flexibility index (Phi) is 3.92. The van der Waals surface area contributed by atoms with E-state index in [0.717, 1.165) is 46.5 Å². The Labute approximate surface area is 123 Å². The zero-order chi connectivity index (χ0) is 13.9. The number of rotatable bonds is 5. The zero-order valence-electron chi connectivity index (χ0n) is 11.6. The second-order valence-electron chi connectivity index (χ2n) is 5.12. The van der Waals surface area contributed by atoms with Crippen LogP contribution in [0.15, 0.2) is 35.4 Å². The maximum Gasteiger partial charge on any atom is 0.252 e. The lowest BCUT2D eigenvalue weighted by molar-refractivity contribution is 0.0952. The molecule has 2 aromatic rings. The van der Waals surface area contributed by atoms with Crippen LogP contribution in [0.5, 0.6) is 0 Å². The lowest BCUT2D eigenvalue weighted by Crippen LogP contribution is -2.25. The van der Waals surface area contributed by atoms with Crippen LogP contribution < -0.4 is 5.32 Å². The molecule has 3 nitrogen and oxygen atoms in total. The summed E-state index contributed by atoms with van der Waals surface area (Å²) in [6.45, 7) is 2.15. The summed E-state index contributed by atoms with van der Waals surface area (Å²) in [4.78, 5) is 17.0. The van der Waals surface area contributed by atoms with Gasteiger partial charge in [-0.3, -0.25) is 4.79 Å². The Bertz CT molecular complexity index is 637. The van der Waals surface area contributed by atoms with Gasteiger partial charge in [-0.1, -0.05) is 25.1 Å². The number of amides is 1. The van der Waals surface area contributed by atoms with E-state index >= 15 is 0 Å². The molecule has 1 aromatic heterocycles. The molecule has 0 bridgehead atoms. The third kappa shape index (κ3) is 2.96. The van der Waals surface area contributed by atoms with Crippen LogP contribution in [0.1, 0.15) is 36.5 Å². The molecule has 0 atom stereocenters. The minimum atomic E-state index is 0.0319. The largest absolute Gasteiger partial charge is 0.349 e. The molecule has 1 amide bonds. The highest BCUT2D eigenvalue weighted by molar-refractivity contribution is 7.99. The number of nitrogens with one attached hydrogen (secondary N) is 1. The van der Waals surface area contributed by atoms with E-state index in [2.05, 4.69) is 17.2 Å². The second kappa shape index (κ2) is 5.83. The van der Waals surface area contributed by atoms with Crippen LogP contribution in [-0.2, 0) is 0 Å². The first-order valence-corrected chi connectivity index (χ1v) is 8.10. The quantitative estimate of drug-likeness (QED) is 0.853. The number of fused-ring (bicyclic) bond motifs is 1. The molecule has 20 heavy (non-hydrogen) atoms. The van der Waals surface area contributed by atoms with E-state index in [0.29, 0.717) is 6.04 Å². The highest BCUT2D eigenvalue weighted by Gasteiger charge is 2.24. The van der Waals surface area contributed by atoms with Gasteiger partial charge in [-0.15, -0.1) is 11.8 Å². The summed E-state index contributed by atoms with van der Waals surface area (Å²) >= 11 is 1.71. The summed E-state index contributed by atoms with van der Waals surface area (Å²) in [5, 5.41) is 4.94. The Morgan fingerprint density at radius 2 is 2.20 bits per heavy atom. The van der Waals surface area contributed by atoms with Gasteiger partial charge in [0, 0.05) is 11.4 Å². The molecule has 1 aliphatic carbocycles. The molecule has 4 heteroatoms. The number of aromatic nitrogens is 1. The van der Waals surface area contributed by atoms with Crippen molar-refractivity contribution in [2.24, 2.45) is 0 Å². The molecular weight excluding hydrogens is 268 g/mol. The molecule has 1 fully saturated rings. The Hall–Kier alpha value is -1.55. The van der Waals surface area contributed by atoms with Crippen LogP contribution in [0, 0.1) is 0 Å². The monoisotopic (exact) mass is 286 g/mol. The number of carbonyl (C=O) groups is 1. The number of thioether (sulfide) groups is 1. The molecule has 104 valence electrons. The molecule has 3 rings (SSSR count). The van der Waals surface area contributed by atoms with E-state index in [1.165, 1.54) is 0 Å². The van der Waals surface area contributed by atoms with Crippen molar-refractivity contribution in [1.29, 1.82) is 0 Å². The van der Waals surface area contributed by atoms with Gasteiger partial charge >= 0.3 is 0 Å². The van der Waals surface area contributed by atoms with Crippen molar-refractivity contribution in [3.05, 3.63) is 35.9 Å². The molecule has 0 spiro atoms. The summed E-state index contributed by atoms with van der Waals surface area (Å²) in [5.41, 5.74) is 1.65. The molecule has 1 N–H and O–H groups in total. The standard InChI is InChI=1S/C16H18N2OS/c1-2-9-20-15-10-13(16(19)17-11-7-8-11)12-5-3-4-6-14(12)18-15/h3-6,10-11H,2,7-9H2,1H3,(H,17,19). The van der Waals surface area contributed by atoms with E-state index in [1.807, 2.05) is 30.3 Å². The number of para-hydroxylation sites is 1. The van der Waals surface area contributed by atoms with E-state index in [9.17, 15) is 4.79 Å². The van der Waals surface area contributed by atoms with Gasteiger partial charge in [-0.2, -0.15) is 0 Å². The van der Waals surface area contributed by atoms with Gasteiger partial charge in [0.2, 0.25) is 0 Å². The zero-order valence-corrected chi connectivity index (χ0v) is 12.4. The maximum atomic E-state index is 12.4. The van der Waals surface area contributed by atoms with Gasteiger partial charge in [0.05, 0.1) is 16.1 Å². The maximum absolute atomic E-state index is 12.4. The smallest absolute Gasteiger partial charge is 0.252 e. The topological polar surface area (TPSA) is 42.0 Å². The molecule has 1 aliphatic rings. The van der Waals surface area contributed by atoms with E-state index in [1.54, 1.807) is 11.8 Å². The summed E-state index contributed by atoms with van der Waals surface area (Å²) < 4.78 is 0. The van der Waals surface area contributed by atoms with Gasteiger partial charge in [-0.05, 0) is 37.1 Å². The predicted octanol–water partition coefficient (Wildman–Crippen LogP) is 3.63. The summed E-state index contributed by atoms with van der Waals surface area (Å²) in [6.07, 6.45) is 3.31. The van der Waals surface area contributed by atoms with Crippen molar-refractivity contribution >= 4 is 28.6 Å². The minimum absolute atomic E-state index is 0.0319. The predicted molar refractivity (Wildman–Crippen MR) is 83.2 cm³/mol. The lowest BCUT2D eigenvalue weighted by atomic mass is 10.1. The number of pyridine rings is 1. The number of benzene rings is 1. The molecule has 0 aliphatic heterocycles. The molecular formula is C16H18N2OS. The first-order chi connectivity index (χ1) is 9.78. The highest BCUT2D eigenvalue weighted by atomic mass is 32.2. The second-order valence-corrected chi connectivity index (χ2v) is 6.24. The van der Waals surface area contributed by atoms with Gasteiger partial charge in [-0.25, -0.2) is 4.98 Å². The summed E-state index contributed by atoms with van der Waals surface area (Å²) in [5.74, 6) is 1.05. The third-order valence-corrected chi connectivity index (χ3v) is 4.42. The van der Waals surface area contributed by atoms with Crippen molar-refractivity contribution < 1.29 is 4.79 Å². The van der Waals surface area contributed by atoms with Gasteiger partial charge in [0.1, 0.15) is 0 Å². The average Bonchev–Trinajstić information content (AvgIpc) is 3.28. The van der Waals surface area contributed by atoms with Crippen molar-refractivity contribution in [2.45, 2.75) is 37.3 Å². The van der Waals surface area contributed by atoms with E-state index < -0.39 is 0 Å². The van der Waals surface area contributed by atoms with Crippen molar-refractivity contribution in [2.75, 3.05) is 5.75 Å². The van der Waals surface area contributed by atoms with Crippen LogP contribution in [0.2, 0.25) is 0 Å². The Morgan fingerprint density at radius 3 is 2.95 bits per heavy atom. The van der Waals surface area contributed by atoms with Crippen LogP contribution in [0.25, 0.3) is 10.9 Å². The fourth-order valence-electron chi connectivity index (χ4n) is 2.11. The average molecular weight is 286 g/mol. The molecule has 1 heterocycles. The number of nitrogens with zero attached hydrogens (tertiary/aromatic N) is 1. The van der Waals surface area contributed by atoms with Crippen molar-refractivity contribution in [3.63, 3.8) is 0 Å². The fraction of sp³-hybridized carbons (Fsp3) is 0.375. The SMILES string of the molecule is CCCSc1cc(C(=O)NC2CC2)c2ccccc2n1. The molecule has 1 saturated carbocycles. The highest BCUT2D eigenvalue weighted by Crippen LogP contribution is 2.26. The van der Waals surface area contributed by atoms with Gasteiger partial charge in [0.25, 0.3) is 5.91 Å². The fourth-order valence-corrected chi connectivity index (χ4v) is 2.89. The van der Waals surface area contributed by atoms with Crippen molar-refractivity contribution in [1.82, 2.24) is 10.3 Å². The van der Waals surface area contributed by atoms with Crippen LogP contribution in [-0.4, -0.2) is 22.7 Å². The number of hydrogen-bond acceptors (Lipinski definition) is 3. The summed E-state index contributed by atoms with van der Waals surface area (Å²) in [6, 6.07) is 10.2. The van der Waals surface area contributed by atoms with Gasteiger partial charge < -0.3 is 5.32 Å². The van der Waals surface area contributed by atoms with Crippen LogP contribution in [0.4, 0.5) is 0 Å². The van der Waals surface area contributed by atoms with Crippen molar-refractivity contribution in [3.8, 4) is 0 Å². The van der Waals surface area contributed by atoms with Crippen LogP contribution in [0.3, 0.4) is 0 Å². The molecule has 0 radical (unpaired) electrons. The van der Waals surface area contributed by atoms with E-state index in [4.69, 9.17) is 0 Å². The third-order valence-electron chi connectivity index (χ3n) is 3.30. The first kappa shape index (κ1) is 13.4. The normalized spacial score (nSPS) is 14.4. The Balaban J connectivity index is 1.99. The lowest BCUT2D eigenvalue weighted by Gasteiger charge is -2.09. The summed E-state index contributed by atoms with van der Waals surface area (Å²) in [7, 11) is 0. The Morgan fingerprint density at radius 1 is 1.40 bits per heavy atom. The minimum Gasteiger partial charge on any atom is -0.349 e. The van der Waals surface area contributed by atoms with Crippen LogP contribution >= 0.6 is 11.8 Å². The van der Waals surface area contributed by atoms with Gasteiger partial charge in [0.15, 0.2) is 0 Å². The van der Waals surface area contributed by atoms with E-state index in [-0.39, 0.29) is 5.91 Å². The molecule has 0 unspecified atom stereocenters. The molecule has 1 aromatic carbocycles. The first-order valence-electron chi connectivity index (χ1n) is 7.11. The number of carbonyl (C=O) groups excluding carboxylic acids is 1.